The molecule has 0 aliphatic heterocycles. The summed E-state index contributed by atoms with van der Waals surface area (Å²) in [6, 6.07) is 18.5. The Balaban J connectivity index is 1.32. The van der Waals surface area contributed by atoms with E-state index in [4.69, 9.17) is 4.74 Å². The molecule has 0 fully saturated rings. The molecule has 33 heavy (non-hydrogen) atoms. The molecule has 2 heterocycles. The number of thiazole rings is 1. The van der Waals surface area contributed by atoms with Gasteiger partial charge in [-0.25, -0.2) is 9.97 Å². The molecule has 0 bridgehead atoms. The van der Waals surface area contributed by atoms with Crippen LogP contribution in [0.5, 0.6) is 5.75 Å². The van der Waals surface area contributed by atoms with E-state index in [-0.39, 0.29) is 23.3 Å². The number of carbonyl (C=O) groups is 2. The highest BCUT2D eigenvalue weighted by Crippen LogP contribution is 2.32. The normalized spacial score (nSPS) is 10.7. The van der Waals surface area contributed by atoms with Crippen LogP contribution >= 0.6 is 34.9 Å². The van der Waals surface area contributed by atoms with Gasteiger partial charge in [0.15, 0.2) is 4.34 Å². The lowest BCUT2D eigenvalue weighted by atomic mass is 10.3. The van der Waals surface area contributed by atoms with Crippen LogP contribution in [0.1, 0.15) is 0 Å². The van der Waals surface area contributed by atoms with Crippen molar-refractivity contribution >= 4 is 68.3 Å². The van der Waals surface area contributed by atoms with E-state index in [1.807, 2.05) is 48.5 Å². The first-order chi connectivity index (χ1) is 16.1. The maximum Gasteiger partial charge on any atom is 0.234 e. The summed E-state index contributed by atoms with van der Waals surface area (Å²) in [6.45, 7) is 0. The van der Waals surface area contributed by atoms with E-state index in [0.29, 0.717) is 17.1 Å². The molecule has 10 heteroatoms. The second-order valence-corrected chi connectivity index (χ2v) is 9.95. The molecule has 4 aromatic rings. The van der Waals surface area contributed by atoms with E-state index < -0.39 is 0 Å². The number of para-hydroxylation sites is 2. The van der Waals surface area contributed by atoms with E-state index in [2.05, 4.69) is 20.6 Å². The fourth-order valence-corrected chi connectivity index (χ4v) is 5.44. The summed E-state index contributed by atoms with van der Waals surface area (Å²) in [5.74, 6) is 0.884. The van der Waals surface area contributed by atoms with Gasteiger partial charge in [-0.2, -0.15) is 0 Å². The van der Waals surface area contributed by atoms with Gasteiger partial charge in [-0.05, 0) is 42.5 Å². The van der Waals surface area contributed by atoms with Crippen LogP contribution < -0.4 is 15.4 Å². The number of thioether (sulfide) groups is 2. The van der Waals surface area contributed by atoms with Crippen LogP contribution in [0.25, 0.3) is 10.2 Å². The number of rotatable bonds is 9. The second-order valence-electron chi connectivity index (χ2n) is 6.70. The molecule has 0 spiro atoms. The third-order valence-electron chi connectivity index (χ3n) is 4.35. The number of carbonyl (C=O) groups excluding carboxylic acids is 2. The lowest BCUT2D eigenvalue weighted by Crippen LogP contribution is -2.14. The average molecular weight is 497 g/mol. The molecule has 7 nitrogen and oxygen atoms in total. The van der Waals surface area contributed by atoms with Gasteiger partial charge in [0, 0.05) is 11.9 Å². The molecule has 4 rings (SSSR count). The molecular weight excluding hydrogens is 476 g/mol. The number of hydrogen-bond donors (Lipinski definition) is 2. The summed E-state index contributed by atoms with van der Waals surface area (Å²) in [6.07, 6.45) is 1.70. The molecule has 2 amide bonds. The number of ether oxygens (including phenoxy) is 1. The van der Waals surface area contributed by atoms with Gasteiger partial charge in [-0.3, -0.25) is 9.59 Å². The van der Waals surface area contributed by atoms with Crippen molar-refractivity contribution in [3.63, 3.8) is 0 Å². The topological polar surface area (TPSA) is 93.2 Å². The van der Waals surface area contributed by atoms with Crippen LogP contribution in [-0.4, -0.2) is 40.4 Å². The second kappa shape index (κ2) is 11.2. The van der Waals surface area contributed by atoms with Gasteiger partial charge in [0.2, 0.25) is 11.8 Å². The zero-order valence-corrected chi connectivity index (χ0v) is 20.1. The number of fused-ring (bicyclic) bond motifs is 1. The van der Waals surface area contributed by atoms with Gasteiger partial charge in [0.05, 0.1) is 39.5 Å². The van der Waals surface area contributed by atoms with Gasteiger partial charge >= 0.3 is 0 Å². The number of amides is 2. The molecule has 168 valence electrons. The molecule has 0 saturated carbocycles. The predicted octanol–water partition coefficient (Wildman–Crippen LogP) is 5.16. The van der Waals surface area contributed by atoms with Crippen molar-refractivity contribution in [2.24, 2.45) is 0 Å². The SMILES string of the molecule is COc1ccccc1NC(=O)CSc1nc2ccc(NC(=O)CSc3ccccn3)cc2s1. The molecule has 0 unspecified atom stereocenters. The minimum absolute atomic E-state index is 0.0999. The van der Waals surface area contributed by atoms with Gasteiger partial charge in [0.25, 0.3) is 0 Å². The molecule has 0 aliphatic carbocycles. The summed E-state index contributed by atoms with van der Waals surface area (Å²) in [4.78, 5) is 33.4. The number of nitrogens with one attached hydrogen (secondary N) is 2. The molecule has 2 aromatic carbocycles. The summed E-state index contributed by atoms with van der Waals surface area (Å²) < 4.78 is 6.99. The van der Waals surface area contributed by atoms with Crippen molar-refractivity contribution in [2.45, 2.75) is 9.37 Å². The highest BCUT2D eigenvalue weighted by atomic mass is 32.2. The zero-order chi connectivity index (χ0) is 23.0. The van der Waals surface area contributed by atoms with E-state index in [1.165, 1.54) is 34.9 Å². The van der Waals surface area contributed by atoms with Crippen LogP contribution in [0, 0.1) is 0 Å². The molecule has 2 N–H and O–H groups in total. The smallest absolute Gasteiger partial charge is 0.234 e. The summed E-state index contributed by atoms with van der Waals surface area (Å²) in [5.41, 5.74) is 2.17. The average Bonchev–Trinajstić information content (AvgIpc) is 3.25. The zero-order valence-electron chi connectivity index (χ0n) is 17.6. The molecule has 0 saturated heterocycles. The lowest BCUT2D eigenvalue weighted by molar-refractivity contribution is -0.114. The van der Waals surface area contributed by atoms with Crippen LogP contribution in [-0.2, 0) is 9.59 Å². The summed E-state index contributed by atoms with van der Waals surface area (Å²) in [7, 11) is 1.57. The Bertz CT molecular complexity index is 1260. The fourth-order valence-electron chi connectivity index (χ4n) is 2.87. The maximum absolute atomic E-state index is 12.3. The van der Waals surface area contributed by atoms with Crippen LogP contribution in [0.2, 0.25) is 0 Å². The predicted molar refractivity (Wildman–Crippen MR) is 136 cm³/mol. The van der Waals surface area contributed by atoms with Crippen LogP contribution in [0.3, 0.4) is 0 Å². The number of hydrogen-bond acceptors (Lipinski definition) is 8. The number of aromatic nitrogens is 2. The van der Waals surface area contributed by atoms with Crippen LogP contribution in [0.4, 0.5) is 11.4 Å². The van der Waals surface area contributed by atoms with Crippen molar-refractivity contribution < 1.29 is 14.3 Å². The molecule has 0 atom stereocenters. The third kappa shape index (κ3) is 6.47. The quantitative estimate of drug-likeness (QED) is 0.309. The summed E-state index contributed by atoms with van der Waals surface area (Å²) >= 11 is 4.24. The maximum atomic E-state index is 12.3. The van der Waals surface area contributed by atoms with Gasteiger partial charge in [0.1, 0.15) is 5.75 Å². The van der Waals surface area contributed by atoms with E-state index in [0.717, 1.165) is 19.6 Å². The van der Waals surface area contributed by atoms with Crippen molar-refractivity contribution in [1.82, 2.24) is 9.97 Å². The Labute approximate surface area is 203 Å². The van der Waals surface area contributed by atoms with E-state index in [1.54, 1.807) is 25.4 Å². The fraction of sp³-hybridized carbons (Fsp3) is 0.130. The van der Waals surface area contributed by atoms with Crippen molar-refractivity contribution in [3.8, 4) is 5.75 Å². The molecule has 0 aliphatic rings. The Kier molecular flexibility index (Phi) is 7.82. The minimum Gasteiger partial charge on any atom is -0.495 e. The van der Waals surface area contributed by atoms with Crippen LogP contribution in [0.15, 0.2) is 76.2 Å². The Hall–Kier alpha value is -3.08. The van der Waals surface area contributed by atoms with Crippen molar-refractivity contribution in [2.75, 3.05) is 29.2 Å². The van der Waals surface area contributed by atoms with Gasteiger partial charge in [-0.1, -0.05) is 41.7 Å². The largest absolute Gasteiger partial charge is 0.495 e. The van der Waals surface area contributed by atoms with Crippen molar-refractivity contribution in [1.29, 1.82) is 0 Å². The number of nitrogens with zero attached hydrogens (tertiary/aromatic N) is 2. The highest BCUT2D eigenvalue weighted by Gasteiger charge is 2.11. The Morgan fingerprint density at radius 3 is 2.58 bits per heavy atom. The molecular formula is C23H20N4O3S3. The first-order valence-corrected chi connectivity index (χ1v) is 12.7. The van der Waals surface area contributed by atoms with Gasteiger partial charge in [-0.15, -0.1) is 11.3 Å². The van der Waals surface area contributed by atoms with Gasteiger partial charge < -0.3 is 15.4 Å². The number of anilines is 2. The minimum atomic E-state index is -0.137. The Morgan fingerprint density at radius 1 is 0.970 bits per heavy atom. The molecule has 2 aromatic heterocycles. The molecule has 0 radical (unpaired) electrons. The van der Waals surface area contributed by atoms with E-state index >= 15 is 0 Å². The third-order valence-corrected chi connectivity index (χ3v) is 7.45. The first-order valence-electron chi connectivity index (χ1n) is 9.90. The highest BCUT2D eigenvalue weighted by molar-refractivity contribution is 8.01. The number of benzene rings is 2. The number of methoxy groups -OCH3 is 1. The Morgan fingerprint density at radius 2 is 1.76 bits per heavy atom. The van der Waals surface area contributed by atoms with E-state index in [9.17, 15) is 9.59 Å². The monoisotopic (exact) mass is 496 g/mol. The standard InChI is InChI=1S/C23H20N4O3S3/c1-30-18-7-3-2-6-16(18)26-21(29)14-32-23-27-17-10-9-15(12-19(17)33-23)25-20(28)13-31-22-8-4-5-11-24-22/h2-12H,13-14H2,1H3,(H,25,28)(H,26,29). The lowest BCUT2D eigenvalue weighted by Gasteiger charge is -2.09. The van der Waals surface area contributed by atoms with Crippen molar-refractivity contribution in [3.05, 3.63) is 66.9 Å². The number of pyridine rings is 1. The summed E-state index contributed by atoms with van der Waals surface area (Å²) in [5, 5.41) is 6.58. The first kappa shape index (κ1) is 23.1.